The van der Waals surface area contributed by atoms with Crippen LogP contribution in [0.25, 0.3) is 11.3 Å². The standard InChI is InChI=1S/C16H17NO3/c1-10-3-8-14-11(2)16(20-15(14)9-10)12-4-6-13(7-5-12)17(18)19/h4-7,10H,3,8-9H2,1-2H3. The molecule has 2 aromatic rings. The van der Waals surface area contributed by atoms with Gasteiger partial charge in [0, 0.05) is 24.1 Å². The largest absolute Gasteiger partial charge is 0.461 e. The lowest BCUT2D eigenvalue weighted by atomic mass is 9.88. The number of benzene rings is 1. The van der Waals surface area contributed by atoms with Crippen molar-refractivity contribution in [1.82, 2.24) is 0 Å². The molecule has 0 saturated heterocycles. The first-order chi connectivity index (χ1) is 9.56. The third kappa shape index (κ3) is 2.11. The number of non-ortho nitro benzene ring substituents is 1. The van der Waals surface area contributed by atoms with Crippen molar-refractivity contribution in [2.24, 2.45) is 5.92 Å². The normalized spacial score (nSPS) is 17.8. The molecule has 3 rings (SSSR count). The fourth-order valence-corrected chi connectivity index (χ4v) is 2.92. The summed E-state index contributed by atoms with van der Waals surface area (Å²) in [7, 11) is 0. The van der Waals surface area contributed by atoms with Gasteiger partial charge in [0.1, 0.15) is 11.5 Å². The molecule has 0 spiro atoms. The quantitative estimate of drug-likeness (QED) is 0.604. The van der Waals surface area contributed by atoms with Crippen LogP contribution in [-0.2, 0) is 12.8 Å². The summed E-state index contributed by atoms with van der Waals surface area (Å²) < 4.78 is 6.02. The molecule has 1 atom stereocenters. The molecule has 0 saturated carbocycles. The van der Waals surface area contributed by atoms with Crippen LogP contribution in [0.1, 0.15) is 30.2 Å². The summed E-state index contributed by atoms with van der Waals surface area (Å²) in [5.41, 5.74) is 3.53. The minimum Gasteiger partial charge on any atom is -0.461 e. The van der Waals surface area contributed by atoms with E-state index in [0.29, 0.717) is 5.92 Å². The number of rotatable bonds is 2. The summed E-state index contributed by atoms with van der Waals surface area (Å²) in [6.45, 7) is 4.32. The van der Waals surface area contributed by atoms with Gasteiger partial charge in [-0.15, -0.1) is 0 Å². The van der Waals surface area contributed by atoms with Crippen LogP contribution in [0, 0.1) is 23.0 Å². The van der Waals surface area contributed by atoms with E-state index in [4.69, 9.17) is 4.42 Å². The number of hydrogen-bond donors (Lipinski definition) is 0. The monoisotopic (exact) mass is 271 g/mol. The van der Waals surface area contributed by atoms with E-state index in [2.05, 4.69) is 13.8 Å². The first kappa shape index (κ1) is 12.9. The van der Waals surface area contributed by atoms with Gasteiger partial charge in [0.2, 0.25) is 0 Å². The Morgan fingerprint density at radius 1 is 1.30 bits per heavy atom. The minimum atomic E-state index is -0.383. The molecule has 1 aromatic heterocycles. The molecule has 0 N–H and O–H groups in total. The van der Waals surface area contributed by atoms with E-state index in [-0.39, 0.29) is 10.6 Å². The van der Waals surface area contributed by atoms with E-state index in [1.165, 1.54) is 29.7 Å². The molecule has 1 unspecified atom stereocenters. The van der Waals surface area contributed by atoms with Crippen LogP contribution in [0.4, 0.5) is 5.69 Å². The Balaban J connectivity index is 2.00. The highest BCUT2D eigenvalue weighted by atomic mass is 16.6. The van der Waals surface area contributed by atoms with Crippen molar-refractivity contribution in [3.63, 3.8) is 0 Å². The highest BCUT2D eigenvalue weighted by Crippen LogP contribution is 2.37. The summed E-state index contributed by atoms with van der Waals surface area (Å²) in [5.74, 6) is 2.62. The fraction of sp³-hybridized carbons (Fsp3) is 0.375. The maximum absolute atomic E-state index is 10.7. The Morgan fingerprint density at radius 2 is 2.00 bits per heavy atom. The minimum absolute atomic E-state index is 0.108. The first-order valence-electron chi connectivity index (χ1n) is 6.92. The van der Waals surface area contributed by atoms with Crippen molar-refractivity contribution < 1.29 is 9.34 Å². The Kier molecular flexibility index (Phi) is 3.08. The first-order valence-corrected chi connectivity index (χ1v) is 6.92. The predicted octanol–water partition coefficient (Wildman–Crippen LogP) is 4.29. The summed E-state index contributed by atoms with van der Waals surface area (Å²) in [4.78, 5) is 10.3. The van der Waals surface area contributed by atoms with Crippen molar-refractivity contribution in [3.8, 4) is 11.3 Å². The van der Waals surface area contributed by atoms with Crippen LogP contribution in [0.2, 0.25) is 0 Å². The summed E-state index contributed by atoms with van der Waals surface area (Å²) >= 11 is 0. The highest BCUT2D eigenvalue weighted by molar-refractivity contribution is 5.65. The topological polar surface area (TPSA) is 56.3 Å². The van der Waals surface area contributed by atoms with Crippen LogP contribution in [-0.4, -0.2) is 4.92 Å². The molecule has 1 aliphatic carbocycles. The zero-order valence-electron chi connectivity index (χ0n) is 11.7. The van der Waals surface area contributed by atoms with Crippen LogP contribution in [0.3, 0.4) is 0 Å². The number of fused-ring (bicyclic) bond motifs is 1. The number of furan rings is 1. The predicted molar refractivity (Wildman–Crippen MR) is 76.7 cm³/mol. The van der Waals surface area contributed by atoms with Crippen LogP contribution < -0.4 is 0 Å². The SMILES string of the molecule is Cc1c(-c2ccc([N+](=O)[O-])cc2)oc2c1CCC(C)C2. The zero-order chi connectivity index (χ0) is 14.3. The van der Waals surface area contributed by atoms with Gasteiger partial charge in [-0.2, -0.15) is 0 Å². The molecule has 20 heavy (non-hydrogen) atoms. The lowest BCUT2D eigenvalue weighted by Crippen LogP contribution is -2.09. The molecule has 0 radical (unpaired) electrons. The van der Waals surface area contributed by atoms with Gasteiger partial charge in [0.25, 0.3) is 5.69 Å². The maximum Gasteiger partial charge on any atom is 0.269 e. The molecular formula is C16H17NO3. The highest BCUT2D eigenvalue weighted by Gasteiger charge is 2.24. The fourth-order valence-electron chi connectivity index (χ4n) is 2.92. The number of nitro benzene ring substituents is 1. The summed E-state index contributed by atoms with van der Waals surface area (Å²) in [5, 5.41) is 10.7. The summed E-state index contributed by atoms with van der Waals surface area (Å²) in [6, 6.07) is 6.58. The molecule has 0 amide bonds. The second-order valence-electron chi connectivity index (χ2n) is 5.61. The van der Waals surface area contributed by atoms with E-state index < -0.39 is 0 Å². The number of nitrogens with zero attached hydrogens (tertiary/aromatic N) is 1. The zero-order valence-corrected chi connectivity index (χ0v) is 11.7. The van der Waals surface area contributed by atoms with Crippen LogP contribution in [0.5, 0.6) is 0 Å². The van der Waals surface area contributed by atoms with Crippen LogP contribution >= 0.6 is 0 Å². The Bertz CT molecular complexity index is 655. The van der Waals surface area contributed by atoms with Gasteiger partial charge in [-0.3, -0.25) is 10.1 Å². The molecule has 1 heterocycles. The molecule has 0 aliphatic heterocycles. The van der Waals surface area contributed by atoms with Crippen molar-refractivity contribution in [2.45, 2.75) is 33.1 Å². The third-order valence-electron chi connectivity index (χ3n) is 4.12. The maximum atomic E-state index is 10.7. The van der Waals surface area contributed by atoms with Crippen molar-refractivity contribution in [2.75, 3.05) is 0 Å². The van der Waals surface area contributed by atoms with E-state index in [0.717, 1.165) is 29.9 Å². The number of hydrogen-bond acceptors (Lipinski definition) is 3. The third-order valence-corrected chi connectivity index (χ3v) is 4.12. The Hall–Kier alpha value is -2.10. The average molecular weight is 271 g/mol. The Morgan fingerprint density at radius 3 is 2.65 bits per heavy atom. The van der Waals surface area contributed by atoms with Crippen molar-refractivity contribution in [1.29, 1.82) is 0 Å². The van der Waals surface area contributed by atoms with Gasteiger partial charge in [-0.25, -0.2) is 0 Å². The van der Waals surface area contributed by atoms with Gasteiger partial charge in [-0.1, -0.05) is 6.92 Å². The molecule has 104 valence electrons. The van der Waals surface area contributed by atoms with Gasteiger partial charge < -0.3 is 4.42 Å². The van der Waals surface area contributed by atoms with E-state index in [1.807, 2.05) is 0 Å². The molecule has 1 aromatic carbocycles. The lowest BCUT2D eigenvalue weighted by molar-refractivity contribution is -0.384. The van der Waals surface area contributed by atoms with Gasteiger partial charge in [-0.05, 0) is 48.9 Å². The molecule has 1 aliphatic rings. The van der Waals surface area contributed by atoms with Gasteiger partial charge in [0.15, 0.2) is 0 Å². The van der Waals surface area contributed by atoms with Crippen molar-refractivity contribution >= 4 is 5.69 Å². The van der Waals surface area contributed by atoms with Gasteiger partial charge in [0.05, 0.1) is 4.92 Å². The van der Waals surface area contributed by atoms with Gasteiger partial charge >= 0.3 is 0 Å². The molecule has 0 fully saturated rings. The smallest absolute Gasteiger partial charge is 0.269 e. The molecule has 0 bridgehead atoms. The molecule has 4 nitrogen and oxygen atoms in total. The lowest BCUT2D eigenvalue weighted by Gasteiger charge is -2.16. The van der Waals surface area contributed by atoms with Crippen molar-refractivity contribution in [3.05, 3.63) is 51.3 Å². The Labute approximate surface area is 117 Å². The molecule has 4 heteroatoms. The number of nitro groups is 1. The summed E-state index contributed by atoms with van der Waals surface area (Å²) in [6.07, 6.45) is 3.26. The van der Waals surface area contributed by atoms with Crippen LogP contribution in [0.15, 0.2) is 28.7 Å². The molecular weight excluding hydrogens is 254 g/mol. The van der Waals surface area contributed by atoms with E-state index >= 15 is 0 Å². The van der Waals surface area contributed by atoms with E-state index in [9.17, 15) is 10.1 Å². The average Bonchev–Trinajstić information content (AvgIpc) is 2.75. The second kappa shape index (κ2) is 4.78. The van der Waals surface area contributed by atoms with E-state index in [1.54, 1.807) is 12.1 Å². The second-order valence-corrected chi connectivity index (χ2v) is 5.61.